The zero-order chi connectivity index (χ0) is 13.1. The summed E-state index contributed by atoms with van der Waals surface area (Å²) in [6, 6.07) is 0.194. The van der Waals surface area contributed by atoms with Crippen molar-refractivity contribution in [2.45, 2.75) is 58.0 Å². The minimum Gasteiger partial charge on any atom is -0.349 e. The number of hydrogen-bond donors (Lipinski definition) is 3. The van der Waals surface area contributed by atoms with E-state index in [1.807, 2.05) is 6.92 Å². The number of rotatable bonds is 5. The van der Waals surface area contributed by atoms with Crippen molar-refractivity contribution < 1.29 is 4.79 Å². The molecule has 1 fully saturated rings. The largest absolute Gasteiger partial charge is 0.349 e. The molecule has 0 radical (unpaired) electrons. The predicted octanol–water partition coefficient (Wildman–Crippen LogP) is 0.994. The van der Waals surface area contributed by atoms with Crippen LogP contribution in [0, 0.1) is 11.8 Å². The highest BCUT2D eigenvalue weighted by Crippen LogP contribution is 2.25. The molecule has 1 amide bonds. The normalized spacial score (nSPS) is 28.1. The predicted molar refractivity (Wildman–Crippen MR) is 70.4 cm³/mol. The van der Waals surface area contributed by atoms with E-state index in [1.54, 1.807) is 0 Å². The standard InChI is InChI=1S/C13H27N3O/c1-9(2)7-13(3,8-14)16-12(17)10-4-5-11(15)6-10/h9-11H,4-8,14-15H2,1-3H3,(H,16,17). The molecule has 0 aromatic rings. The van der Waals surface area contributed by atoms with E-state index >= 15 is 0 Å². The molecule has 1 aliphatic rings. The summed E-state index contributed by atoms with van der Waals surface area (Å²) in [6.07, 6.45) is 3.60. The highest BCUT2D eigenvalue weighted by Gasteiger charge is 2.32. The van der Waals surface area contributed by atoms with Crippen molar-refractivity contribution in [3.63, 3.8) is 0 Å². The van der Waals surface area contributed by atoms with Gasteiger partial charge in [-0.3, -0.25) is 4.79 Å². The molecule has 1 saturated carbocycles. The summed E-state index contributed by atoms with van der Waals surface area (Å²) in [6.45, 7) is 6.80. The third-order valence-corrected chi connectivity index (χ3v) is 3.58. The molecule has 17 heavy (non-hydrogen) atoms. The van der Waals surface area contributed by atoms with E-state index in [0.29, 0.717) is 12.5 Å². The first-order chi connectivity index (χ1) is 7.86. The highest BCUT2D eigenvalue weighted by atomic mass is 16.2. The molecule has 0 bridgehead atoms. The Bertz CT molecular complexity index is 267. The van der Waals surface area contributed by atoms with E-state index in [9.17, 15) is 4.79 Å². The molecule has 0 aliphatic heterocycles. The maximum absolute atomic E-state index is 12.1. The van der Waals surface area contributed by atoms with Crippen molar-refractivity contribution in [3.05, 3.63) is 0 Å². The molecule has 4 nitrogen and oxygen atoms in total. The van der Waals surface area contributed by atoms with Gasteiger partial charge in [-0.1, -0.05) is 13.8 Å². The smallest absolute Gasteiger partial charge is 0.223 e. The van der Waals surface area contributed by atoms with Gasteiger partial charge in [0.25, 0.3) is 0 Å². The van der Waals surface area contributed by atoms with Gasteiger partial charge in [0.1, 0.15) is 0 Å². The summed E-state index contributed by atoms with van der Waals surface area (Å²) >= 11 is 0. The van der Waals surface area contributed by atoms with Gasteiger partial charge in [0.2, 0.25) is 5.91 Å². The van der Waals surface area contributed by atoms with Crippen LogP contribution in [-0.4, -0.2) is 24.0 Å². The lowest BCUT2D eigenvalue weighted by molar-refractivity contribution is -0.126. The van der Waals surface area contributed by atoms with Gasteiger partial charge in [0.15, 0.2) is 0 Å². The second-order valence-electron chi connectivity index (χ2n) is 6.12. The SMILES string of the molecule is CC(C)CC(C)(CN)NC(=O)C1CCC(N)C1. The molecule has 100 valence electrons. The number of hydrogen-bond acceptors (Lipinski definition) is 3. The lowest BCUT2D eigenvalue weighted by atomic mass is 9.90. The van der Waals surface area contributed by atoms with E-state index in [4.69, 9.17) is 11.5 Å². The minimum absolute atomic E-state index is 0.0861. The van der Waals surface area contributed by atoms with Crippen molar-refractivity contribution in [3.8, 4) is 0 Å². The summed E-state index contributed by atoms with van der Waals surface area (Å²) in [7, 11) is 0. The van der Waals surface area contributed by atoms with Gasteiger partial charge < -0.3 is 16.8 Å². The van der Waals surface area contributed by atoms with Gasteiger partial charge >= 0.3 is 0 Å². The molecular formula is C13H27N3O. The average molecular weight is 241 g/mol. The Morgan fingerprint density at radius 3 is 2.53 bits per heavy atom. The van der Waals surface area contributed by atoms with Crippen LogP contribution in [0.4, 0.5) is 0 Å². The van der Waals surface area contributed by atoms with Crippen LogP contribution in [0.5, 0.6) is 0 Å². The van der Waals surface area contributed by atoms with E-state index in [2.05, 4.69) is 19.2 Å². The molecule has 0 spiro atoms. The number of nitrogens with one attached hydrogen (secondary N) is 1. The zero-order valence-corrected chi connectivity index (χ0v) is 11.3. The second kappa shape index (κ2) is 5.83. The molecule has 4 heteroatoms. The first-order valence-corrected chi connectivity index (χ1v) is 6.64. The first-order valence-electron chi connectivity index (χ1n) is 6.64. The number of amides is 1. The van der Waals surface area contributed by atoms with Crippen LogP contribution in [0.15, 0.2) is 0 Å². The van der Waals surface area contributed by atoms with Crippen LogP contribution >= 0.6 is 0 Å². The molecule has 3 unspecified atom stereocenters. The minimum atomic E-state index is -0.280. The molecule has 1 rings (SSSR count). The molecule has 0 aromatic heterocycles. The third kappa shape index (κ3) is 4.28. The molecular weight excluding hydrogens is 214 g/mol. The molecule has 0 saturated heterocycles. The average Bonchev–Trinajstić information content (AvgIpc) is 2.63. The van der Waals surface area contributed by atoms with E-state index in [0.717, 1.165) is 25.7 Å². The van der Waals surface area contributed by atoms with Crippen molar-refractivity contribution in [1.29, 1.82) is 0 Å². The van der Waals surface area contributed by atoms with Crippen LogP contribution in [0.3, 0.4) is 0 Å². The molecule has 0 heterocycles. The number of carbonyl (C=O) groups is 1. The maximum atomic E-state index is 12.1. The van der Waals surface area contributed by atoms with Gasteiger partial charge in [-0.15, -0.1) is 0 Å². The summed E-state index contributed by atoms with van der Waals surface area (Å²) in [4.78, 5) is 12.1. The number of carbonyl (C=O) groups excluding carboxylic acids is 1. The van der Waals surface area contributed by atoms with Crippen LogP contribution in [0.25, 0.3) is 0 Å². The Labute approximate surface area is 105 Å². The Hall–Kier alpha value is -0.610. The van der Waals surface area contributed by atoms with Gasteiger partial charge in [0, 0.05) is 24.0 Å². The first kappa shape index (κ1) is 14.5. The summed E-state index contributed by atoms with van der Waals surface area (Å²) in [5.41, 5.74) is 11.3. The van der Waals surface area contributed by atoms with E-state index in [-0.39, 0.29) is 23.4 Å². The van der Waals surface area contributed by atoms with Crippen molar-refractivity contribution >= 4 is 5.91 Å². The zero-order valence-electron chi connectivity index (χ0n) is 11.3. The fourth-order valence-electron chi connectivity index (χ4n) is 2.74. The topological polar surface area (TPSA) is 81.1 Å². The quantitative estimate of drug-likeness (QED) is 0.671. The Morgan fingerprint density at radius 2 is 2.12 bits per heavy atom. The fraction of sp³-hybridized carbons (Fsp3) is 0.923. The van der Waals surface area contributed by atoms with Crippen molar-refractivity contribution in [2.75, 3.05) is 6.54 Å². The van der Waals surface area contributed by atoms with Crippen LogP contribution in [0.1, 0.15) is 46.5 Å². The fourth-order valence-corrected chi connectivity index (χ4v) is 2.74. The van der Waals surface area contributed by atoms with Crippen molar-refractivity contribution in [2.24, 2.45) is 23.3 Å². The lowest BCUT2D eigenvalue weighted by Crippen LogP contribution is -2.53. The Kier molecular flexibility index (Phi) is 4.95. The van der Waals surface area contributed by atoms with E-state index in [1.165, 1.54) is 0 Å². The van der Waals surface area contributed by atoms with E-state index < -0.39 is 0 Å². The Balaban J connectivity index is 2.53. The Morgan fingerprint density at radius 1 is 1.47 bits per heavy atom. The van der Waals surface area contributed by atoms with Gasteiger partial charge in [-0.25, -0.2) is 0 Å². The third-order valence-electron chi connectivity index (χ3n) is 3.58. The van der Waals surface area contributed by atoms with Crippen LogP contribution in [0.2, 0.25) is 0 Å². The number of nitrogens with two attached hydrogens (primary N) is 2. The molecule has 0 aromatic carbocycles. The maximum Gasteiger partial charge on any atom is 0.223 e. The monoisotopic (exact) mass is 241 g/mol. The highest BCUT2D eigenvalue weighted by molar-refractivity contribution is 5.79. The van der Waals surface area contributed by atoms with Crippen LogP contribution < -0.4 is 16.8 Å². The van der Waals surface area contributed by atoms with Gasteiger partial charge in [-0.2, -0.15) is 0 Å². The molecule has 1 aliphatic carbocycles. The van der Waals surface area contributed by atoms with Gasteiger partial charge in [-0.05, 0) is 38.5 Å². The molecule has 3 atom stereocenters. The summed E-state index contributed by atoms with van der Waals surface area (Å²) in [5, 5.41) is 3.12. The van der Waals surface area contributed by atoms with Crippen molar-refractivity contribution in [1.82, 2.24) is 5.32 Å². The lowest BCUT2D eigenvalue weighted by Gasteiger charge is -2.32. The summed E-state index contributed by atoms with van der Waals surface area (Å²) in [5.74, 6) is 0.740. The molecule has 5 N–H and O–H groups in total. The summed E-state index contributed by atoms with van der Waals surface area (Å²) < 4.78 is 0. The van der Waals surface area contributed by atoms with Gasteiger partial charge in [0.05, 0.1) is 0 Å². The second-order valence-corrected chi connectivity index (χ2v) is 6.12. The van der Waals surface area contributed by atoms with Crippen LogP contribution in [-0.2, 0) is 4.79 Å².